The van der Waals surface area contributed by atoms with Gasteiger partial charge in [0.15, 0.2) is 11.5 Å². The Balaban J connectivity index is 2.30. The molecule has 0 saturated heterocycles. The van der Waals surface area contributed by atoms with Gasteiger partial charge in [0.05, 0.1) is 29.3 Å². The van der Waals surface area contributed by atoms with E-state index >= 15 is 0 Å². The number of nitrogens with zero attached hydrogens (tertiary/aromatic N) is 2. The largest absolute Gasteiger partial charge is 0.490 e. The summed E-state index contributed by atoms with van der Waals surface area (Å²) < 4.78 is 11.4. The second-order valence-corrected chi connectivity index (χ2v) is 5.19. The van der Waals surface area contributed by atoms with Crippen molar-refractivity contribution in [2.45, 2.75) is 13.5 Å². The first-order valence-corrected chi connectivity index (χ1v) is 7.70. The van der Waals surface area contributed by atoms with E-state index in [0.717, 1.165) is 11.1 Å². The third kappa shape index (κ3) is 4.29. The molecule has 0 aromatic heterocycles. The van der Waals surface area contributed by atoms with E-state index in [4.69, 9.17) is 31.6 Å². The SMILES string of the molecule is CCOc1cc(C=CC#N)cc(Cl)c1OCc1ccccc1C#N. The molecule has 0 radical (unpaired) electrons. The molecule has 4 nitrogen and oxygen atoms in total. The number of ether oxygens (including phenoxy) is 2. The van der Waals surface area contributed by atoms with Gasteiger partial charge in [0.25, 0.3) is 0 Å². The zero-order valence-electron chi connectivity index (χ0n) is 13.1. The maximum atomic E-state index is 9.14. The average Bonchev–Trinajstić information content (AvgIpc) is 2.59. The van der Waals surface area contributed by atoms with Crippen molar-refractivity contribution >= 4 is 17.7 Å². The molecule has 2 aromatic carbocycles. The van der Waals surface area contributed by atoms with E-state index in [1.54, 1.807) is 30.3 Å². The Morgan fingerprint density at radius 1 is 1.17 bits per heavy atom. The number of rotatable bonds is 6. The first kappa shape index (κ1) is 17.4. The van der Waals surface area contributed by atoms with Crippen molar-refractivity contribution in [1.82, 2.24) is 0 Å². The predicted molar refractivity (Wildman–Crippen MR) is 92.8 cm³/mol. The lowest BCUT2D eigenvalue weighted by Gasteiger charge is -2.15. The lowest BCUT2D eigenvalue weighted by molar-refractivity contribution is 0.269. The molecule has 0 bridgehead atoms. The molecule has 0 spiro atoms. The average molecular weight is 339 g/mol. The van der Waals surface area contributed by atoms with Gasteiger partial charge in [0.2, 0.25) is 0 Å². The minimum Gasteiger partial charge on any atom is -0.490 e. The number of halogens is 1. The highest BCUT2D eigenvalue weighted by Crippen LogP contribution is 2.37. The highest BCUT2D eigenvalue weighted by atomic mass is 35.5. The van der Waals surface area contributed by atoms with Gasteiger partial charge in [0.1, 0.15) is 6.61 Å². The zero-order chi connectivity index (χ0) is 17.4. The maximum absolute atomic E-state index is 9.14. The zero-order valence-corrected chi connectivity index (χ0v) is 13.9. The number of benzene rings is 2. The van der Waals surface area contributed by atoms with Crippen molar-refractivity contribution in [1.29, 1.82) is 10.5 Å². The first-order valence-electron chi connectivity index (χ1n) is 7.33. The van der Waals surface area contributed by atoms with Crippen LogP contribution in [0, 0.1) is 22.7 Å². The molecule has 0 aliphatic heterocycles. The van der Waals surface area contributed by atoms with Crippen LogP contribution in [0.4, 0.5) is 0 Å². The summed E-state index contributed by atoms with van der Waals surface area (Å²) in [6, 6.07) is 14.7. The van der Waals surface area contributed by atoms with Gasteiger partial charge in [-0.1, -0.05) is 29.8 Å². The summed E-state index contributed by atoms with van der Waals surface area (Å²) in [6.07, 6.45) is 3.01. The molecule has 2 rings (SSSR count). The number of nitriles is 2. The molecule has 0 amide bonds. The highest BCUT2D eigenvalue weighted by Gasteiger charge is 2.13. The van der Waals surface area contributed by atoms with Gasteiger partial charge in [-0.2, -0.15) is 10.5 Å². The molecule has 0 heterocycles. The van der Waals surface area contributed by atoms with Gasteiger partial charge >= 0.3 is 0 Å². The first-order chi connectivity index (χ1) is 11.7. The van der Waals surface area contributed by atoms with E-state index in [9.17, 15) is 0 Å². The van der Waals surface area contributed by atoms with Gasteiger partial charge in [-0.3, -0.25) is 0 Å². The molecule has 2 aromatic rings. The van der Waals surface area contributed by atoms with Crippen molar-refractivity contribution < 1.29 is 9.47 Å². The smallest absolute Gasteiger partial charge is 0.180 e. The highest BCUT2D eigenvalue weighted by molar-refractivity contribution is 6.32. The third-order valence-corrected chi connectivity index (χ3v) is 3.47. The lowest BCUT2D eigenvalue weighted by atomic mass is 10.1. The molecule has 24 heavy (non-hydrogen) atoms. The summed E-state index contributed by atoms with van der Waals surface area (Å²) in [4.78, 5) is 0. The Morgan fingerprint density at radius 3 is 2.67 bits per heavy atom. The monoisotopic (exact) mass is 338 g/mol. The van der Waals surface area contributed by atoms with Crippen LogP contribution in [0.15, 0.2) is 42.5 Å². The fourth-order valence-corrected chi connectivity index (χ4v) is 2.40. The van der Waals surface area contributed by atoms with Crippen molar-refractivity contribution in [2.24, 2.45) is 0 Å². The molecule has 0 unspecified atom stereocenters. The van der Waals surface area contributed by atoms with Gasteiger partial charge in [-0.05, 0) is 36.8 Å². The van der Waals surface area contributed by atoms with Gasteiger partial charge in [-0.25, -0.2) is 0 Å². The summed E-state index contributed by atoms with van der Waals surface area (Å²) in [7, 11) is 0. The Hall–Kier alpha value is -2.95. The van der Waals surface area contributed by atoms with Gasteiger partial charge in [-0.15, -0.1) is 0 Å². The maximum Gasteiger partial charge on any atom is 0.180 e. The van der Waals surface area contributed by atoms with Crippen LogP contribution in [0.2, 0.25) is 5.02 Å². The standard InChI is InChI=1S/C19H15ClN2O2/c1-2-23-18-11-14(6-5-9-21)10-17(20)19(18)24-13-16-8-4-3-7-15(16)12-22/h3-8,10-11H,2,13H2,1H3. The van der Waals surface area contributed by atoms with Crippen molar-refractivity contribution in [3.63, 3.8) is 0 Å². The second kappa shape index (κ2) is 8.62. The van der Waals surface area contributed by atoms with Crippen LogP contribution in [0.5, 0.6) is 11.5 Å². The molecule has 120 valence electrons. The molecule has 0 atom stereocenters. The van der Waals surface area contributed by atoms with E-state index in [-0.39, 0.29) is 6.61 Å². The molecular formula is C19H15ClN2O2. The Bertz CT molecular complexity index is 832. The van der Waals surface area contributed by atoms with E-state index in [0.29, 0.717) is 28.7 Å². The minimum atomic E-state index is 0.205. The number of hydrogen-bond donors (Lipinski definition) is 0. The summed E-state index contributed by atoms with van der Waals surface area (Å²) >= 11 is 6.30. The Kier molecular flexibility index (Phi) is 6.25. The molecule has 0 aliphatic rings. The lowest BCUT2D eigenvalue weighted by Crippen LogP contribution is -2.02. The minimum absolute atomic E-state index is 0.205. The van der Waals surface area contributed by atoms with Crippen LogP contribution in [-0.2, 0) is 6.61 Å². The molecule has 0 aliphatic carbocycles. The number of allylic oxidation sites excluding steroid dienone is 1. The Morgan fingerprint density at radius 2 is 1.96 bits per heavy atom. The normalized spacial score (nSPS) is 10.2. The number of hydrogen-bond acceptors (Lipinski definition) is 4. The summed E-state index contributed by atoms with van der Waals surface area (Å²) in [5.74, 6) is 0.914. The van der Waals surface area contributed by atoms with E-state index < -0.39 is 0 Å². The van der Waals surface area contributed by atoms with Crippen LogP contribution in [0.1, 0.15) is 23.6 Å². The molecule has 0 N–H and O–H groups in total. The van der Waals surface area contributed by atoms with Crippen LogP contribution in [0.3, 0.4) is 0 Å². The van der Waals surface area contributed by atoms with E-state index in [2.05, 4.69) is 6.07 Å². The summed E-state index contributed by atoms with van der Waals surface area (Å²) in [5.41, 5.74) is 2.07. The summed E-state index contributed by atoms with van der Waals surface area (Å²) in [6.45, 7) is 2.52. The molecule has 0 saturated carbocycles. The van der Waals surface area contributed by atoms with Crippen LogP contribution in [-0.4, -0.2) is 6.61 Å². The van der Waals surface area contributed by atoms with Gasteiger partial charge < -0.3 is 9.47 Å². The van der Waals surface area contributed by atoms with Crippen LogP contribution < -0.4 is 9.47 Å². The topological polar surface area (TPSA) is 66.0 Å². The molecule has 5 heteroatoms. The van der Waals surface area contributed by atoms with Crippen LogP contribution in [0.25, 0.3) is 6.08 Å². The molecular weight excluding hydrogens is 324 g/mol. The van der Waals surface area contributed by atoms with Crippen LogP contribution >= 0.6 is 11.6 Å². The predicted octanol–water partition coefficient (Wildman–Crippen LogP) is 4.73. The van der Waals surface area contributed by atoms with Crippen molar-refractivity contribution in [3.8, 4) is 23.6 Å². The fraction of sp³-hybridized carbons (Fsp3) is 0.158. The molecule has 0 fully saturated rings. The van der Waals surface area contributed by atoms with E-state index in [1.807, 2.05) is 25.1 Å². The Labute approximate surface area is 146 Å². The quantitative estimate of drug-likeness (QED) is 0.714. The van der Waals surface area contributed by atoms with Crippen molar-refractivity contribution in [3.05, 3.63) is 64.2 Å². The third-order valence-electron chi connectivity index (χ3n) is 3.19. The van der Waals surface area contributed by atoms with E-state index in [1.165, 1.54) is 6.08 Å². The summed E-state index contributed by atoms with van der Waals surface area (Å²) in [5, 5.41) is 18.2. The fourth-order valence-electron chi connectivity index (χ4n) is 2.13. The second-order valence-electron chi connectivity index (χ2n) is 4.78. The van der Waals surface area contributed by atoms with Gasteiger partial charge in [0, 0.05) is 11.6 Å². The van der Waals surface area contributed by atoms with Crippen molar-refractivity contribution in [2.75, 3.05) is 6.61 Å².